The van der Waals surface area contributed by atoms with E-state index in [1.807, 2.05) is 31.3 Å². The van der Waals surface area contributed by atoms with Gasteiger partial charge in [0.25, 0.3) is 0 Å². The molecule has 96 valence electrons. The molecule has 0 spiro atoms. The number of aromatic nitrogens is 2. The van der Waals surface area contributed by atoms with Gasteiger partial charge >= 0.3 is 0 Å². The maximum atomic E-state index is 5.99. The molecule has 1 aromatic carbocycles. The number of benzene rings is 1. The van der Waals surface area contributed by atoms with Crippen molar-refractivity contribution in [3.05, 3.63) is 52.6 Å². The van der Waals surface area contributed by atoms with E-state index in [4.69, 9.17) is 17.3 Å². The van der Waals surface area contributed by atoms with Crippen LogP contribution < -0.4 is 5.73 Å². The van der Waals surface area contributed by atoms with Gasteiger partial charge in [-0.2, -0.15) is 0 Å². The standard InChI is InChI=1S/C14H18ClN3/c1-3-18-13(10(2)16)9-17-14(18)8-11-5-4-6-12(15)7-11/h4-7,9-10H,3,8,16H2,1-2H3. The second kappa shape index (κ2) is 5.55. The molecule has 0 aliphatic rings. The summed E-state index contributed by atoms with van der Waals surface area (Å²) >= 11 is 5.99. The zero-order chi connectivity index (χ0) is 13.1. The molecule has 18 heavy (non-hydrogen) atoms. The molecule has 2 aromatic rings. The summed E-state index contributed by atoms with van der Waals surface area (Å²) in [5.41, 5.74) is 8.18. The average molecular weight is 264 g/mol. The van der Waals surface area contributed by atoms with Crippen molar-refractivity contribution in [2.24, 2.45) is 5.73 Å². The molecule has 0 amide bonds. The molecule has 0 radical (unpaired) electrons. The Morgan fingerprint density at radius 2 is 2.22 bits per heavy atom. The molecule has 0 aliphatic heterocycles. The minimum Gasteiger partial charge on any atom is -0.331 e. The Labute approximate surface area is 113 Å². The molecule has 1 aromatic heterocycles. The van der Waals surface area contributed by atoms with Crippen LogP contribution in [-0.4, -0.2) is 9.55 Å². The monoisotopic (exact) mass is 263 g/mol. The summed E-state index contributed by atoms with van der Waals surface area (Å²) in [5.74, 6) is 1.03. The minimum atomic E-state index is 0.00515. The fourth-order valence-corrected chi connectivity index (χ4v) is 2.34. The quantitative estimate of drug-likeness (QED) is 0.921. The van der Waals surface area contributed by atoms with Gasteiger partial charge in [-0.25, -0.2) is 4.98 Å². The smallest absolute Gasteiger partial charge is 0.113 e. The molecule has 2 N–H and O–H groups in total. The zero-order valence-electron chi connectivity index (χ0n) is 10.7. The highest BCUT2D eigenvalue weighted by Crippen LogP contribution is 2.17. The average Bonchev–Trinajstić information content (AvgIpc) is 2.72. The number of hydrogen-bond acceptors (Lipinski definition) is 2. The van der Waals surface area contributed by atoms with Gasteiger partial charge in [-0.05, 0) is 31.5 Å². The lowest BCUT2D eigenvalue weighted by molar-refractivity contribution is 0.633. The first-order valence-corrected chi connectivity index (χ1v) is 6.54. The summed E-state index contributed by atoms with van der Waals surface area (Å²) in [4.78, 5) is 4.47. The maximum Gasteiger partial charge on any atom is 0.113 e. The molecule has 0 bridgehead atoms. The Balaban J connectivity index is 2.29. The van der Waals surface area contributed by atoms with Gasteiger partial charge < -0.3 is 10.3 Å². The summed E-state index contributed by atoms with van der Waals surface area (Å²) in [5, 5.41) is 0.759. The fourth-order valence-electron chi connectivity index (χ4n) is 2.13. The normalized spacial score (nSPS) is 12.7. The molecule has 0 saturated carbocycles. The van der Waals surface area contributed by atoms with Crippen molar-refractivity contribution in [2.75, 3.05) is 0 Å². The molecule has 3 nitrogen and oxygen atoms in total. The maximum absolute atomic E-state index is 5.99. The van der Waals surface area contributed by atoms with Crippen LogP contribution in [0.5, 0.6) is 0 Å². The van der Waals surface area contributed by atoms with E-state index in [-0.39, 0.29) is 6.04 Å². The number of nitrogens with zero attached hydrogens (tertiary/aromatic N) is 2. The van der Waals surface area contributed by atoms with Crippen LogP contribution >= 0.6 is 11.6 Å². The molecule has 1 heterocycles. The molecular weight excluding hydrogens is 246 g/mol. The highest BCUT2D eigenvalue weighted by Gasteiger charge is 2.12. The van der Waals surface area contributed by atoms with Gasteiger partial charge in [0.05, 0.1) is 11.9 Å². The van der Waals surface area contributed by atoms with E-state index in [0.717, 1.165) is 29.5 Å². The summed E-state index contributed by atoms with van der Waals surface area (Å²) in [6, 6.07) is 7.88. The first kappa shape index (κ1) is 13.1. The van der Waals surface area contributed by atoms with Gasteiger partial charge in [-0.3, -0.25) is 0 Å². The topological polar surface area (TPSA) is 43.8 Å². The molecule has 0 saturated heterocycles. The lowest BCUT2D eigenvalue weighted by atomic mass is 10.1. The van der Waals surface area contributed by atoms with E-state index in [2.05, 4.69) is 22.5 Å². The van der Waals surface area contributed by atoms with Gasteiger partial charge in [0.1, 0.15) is 5.82 Å². The van der Waals surface area contributed by atoms with E-state index in [9.17, 15) is 0 Å². The van der Waals surface area contributed by atoms with Crippen molar-refractivity contribution in [3.63, 3.8) is 0 Å². The lowest BCUT2D eigenvalue weighted by Gasteiger charge is -2.11. The second-order valence-corrected chi connectivity index (χ2v) is 4.88. The number of halogens is 1. The summed E-state index contributed by atoms with van der Waals surface area (Å²) < 4.78 is 2.17. The Morgan fingerprint density at radius 3 is 2.83 bits per heavy atom. The van der Waals surface area contributed by atoms with E-state index >= 15 is 0 Å². The first-order valence-electron chi connectivity index (χ1n) is 6.16. The third-order valence-electron chi connectivity index (χ3n) is 3.00. The van der Waals surface area contributed by atoms with E-state index in [0.29, 0.717) is 0 Å². The molecule has 0 aliphatic carbocycles. The van der Waals surface area contributed by atoms with E-state index < -0.39 is 0 Å². The summed E-state index contributed by atoms with van der Waals surface area (Å²) in [6.07, 6.45) is 2.65. The van der Waals surface area contributed by atoms with Crippen molar-refractivity contribution in [1.82, 2.24) is 9.55 Å². The van der Waals surface area contributed by atoms with Gasteiger partial charge in [0, 0.05) is 24.0 Å². The van der Waals surface area contributed by atoms with Crippen LogP contribution in [0.25, 0.3) is 0 Å². The Hall–Kier alpha value is -1.32. The third-order valence-corrected chi connectivity index (χ3v) is 3.24. The second-order valence-electron chi connectivity index (χ2n) is 4.44. The van der Waals surface area contributed by atoms with Crippen LogP contribution in [0.15, 0.2) is 30.5 Å². The zero-order valence-corrected chi connectivity index (χ0v) is 11.5. The largest absolute Gasteiger partial charge is 0.331 e. The highest BCUT2D eigenvalue weighted by atomic mass is 35.5. The molecular formula is C14H18ClN3. The van der Waals surface area contributed by atoms with Crippen LogP contribution in [0.4, 0.5) is 0 Å². The number of hydrogen-bond donors (Lipinski definition) is 1. The van der Waals surface area contributed by atoms with Crippen molar-refractivity contribution in [3.8, 4) is 0 Å². The molecule has 4 heteroatoms. The predicted molar refractivity (Wildman–Crippen MR) is 74.8 cm³/mol. The van der Waals surface area contributed by atoms with Gasteiger partial charge in [0.15, 0.2) is 0 Å². The number of rotatable bonds is 4. The third kappa shape index (κ3) is 2.74. The lowest BCUT2D eigenvalue weighted by Crippen LogP contribution is -2.13. The van der Waals surface area contributed by atoms with E-state index in [1.54, 1.807) is 0 Å². The number of imidazole rings is 1. The van der Waals surface area contributed by atoms with Gasteiger partial charge in [-0.1, -0.05) is 23.7 Å². The van der Waals surface area contributed by atoms with Crippen LogP contribution in [0, 0.1) is 0 Å². The van der Waals surface area contributed by atoms with Crippen LogP contribution in [0.1, 0.15) is 37.0 Å². The predicted octanol–water partition coefficient (Wildman–Crippen LogP) is 3.17. The Bertz CT molecular complexity index is 532. The molecule has 2 rings (SSSR count). The van der Waals surface area contributed by atoms with Gasteiger partial charge in [-0.15, -0.1) is 0 Å². The Morgan fingerprint density at radius 1 is 1.44 bits per heavy atom. The Kier molecular flexibility index (Phi) is 4.04. The SMILES string of the molecule is CCn1c(C(C)N)cnc1Cc1cccc(Cl)c1. The van der Waals surface area contributed by atoms with Crippen LogP contribution in [0.2, 0.25) is 5.02 Å². The molecule has 1 unspecified atom stereocenters. The van der Waals surface area contributed by atoms with Gasteiger partial charge in [0.2, 0.25) is 0 Å². The first-order chi connectivity index (χ1) is 8.61. The van der Waals surface area contributed by atoms with Crippen molar-refractivity contribution < 1.29 is 0 Å². The van der Waals surface area contributed by atoms with E-state index in [1.165, 1.54) is 5.56 Å². The highest BCUT2D eigenvalue weighted by molar-refractivity contribution is 6.30. The molecule has 0 fully saturated rings. The summed E-state index contributed by atoms with van der Waals surface area (Å²) in [7, 11) is 0. The van der Waals surface area contributed by atoms with Crippen molar-refractivity contribution in [1.29, 1.82) is 0 Å². The van der Waals surface area contributed by atoms with Crippen LogP contribution in [0.3, 0.4) is 0 Å². The van der Waals surface area contributed by atoms with Crippen molar-refractivity contribution in [2.45, 2.75) is 32.9 Å². The summed E-state index contributed by atoms with van der Waals surface area (Å²) in [6.45, 7) is 4.97. The molecule has 1 atom stereocenters. The number of nitrogens with two attached hydrogens (primary N) is 1. The van der Waals surface area contributed by atoms with Crippen molar-refractivity contribution >= 4 is 11.6 Å². The minimum absolute atomic E-state index is 0.00515. The van der Waals surface area contributed by atoms with Crippen LogP contribution in [-0.2, 0) is 13.0 Å². The fraction of sp³-hybridized carbons (Fsp3) is 0.357.